The van der Waals surface area contributed by atoms with Crippen molar-refractivity contribution in [1.82, 2.24) is 9.55 Å². The van der Waals surface area contributed by atoms with Crippen LogP contribution in [0.25, 0.3) is 0 Å². The molecule has 2 rings (SSSR count). The Balaban J connectivity index is 2.15. The minimum absolute atomic E-state index is 0.679. The topological polar surface area (TPSA) is 41.6 Å². The molecule has 0 saturated heterocycles. The number of aromatic nitrogens is 2. The second-order valence-corrected chi connectivity index (χ2v) is 4.11. The second-order valence-electron chi connectivity index (χ2n) is 4.11. The van der Waals surface area contributed by atoms with E-state index >= 15 is 0 Å². The van der Waals surface area contributed by atoms with E-state index in [4.69, 9.17) is 5.26 Å². The van der Waals surface area contributed by atoms with Gasteiger partial charge in [-0.2, -0.15) is 5.26 Å². The van der Waals surface area contributed by atoms with Gasteiger partial charge in [0, 0.05) is 7.05 Å². The van der Waals surface area contributed by atoms with Gasteiger partial charge in [0.15, 0.2) is 0 Å². The highest BCUT2D eigenvalue weighted by atomic mass is 15.1. The second kappa shape index (κ2) is 4.84. The molecule has 1 aromatic heterocycles. The van der Waals surface area contributed by atoms with Gasteiger partial charge in [-0.25, -0.2) is 4.98 Å². The van der Waals surface area contributed by atoms with Gasteiger partial charge < -0.3 is 4.57 Å². The summed E-state index contributed by atoms with van der Waals surface area (Å²) >= 11 is 0. The summed E-state index contributed by atoms with van der Waals surface area (Å²) in [5, 5.41) is 9.10. The van der Waals surface area contributed by atoms with Crippen LogP contribution in [-0.4, -0.2) is 9.55 Å². The summed E-state index contributed by atoms with van der Waals surface area (Å²) in [4.78, 5) is 4.44. The Labute approximate surface area is 101 Å². The van der Waals surface area contributed by atoms with Crippen molar-refractivity contribution >= 4 is 0 Å². The van der Waals surface area contributed by atoms with Crippen LogP contribution in [0, 0.1) is 18.3 Å². The maximum atomic E-state index is 9.10. The molecule has 1 aromatic carbocycles. The summed E-state index contributed by atoms with van der Waals surface area (Å²) in [6.07, 6.45) is 1.74. The number of imidazole rings is 1. The van der Waals surface area contributed by atoms with E-state index in [1.54, 1.807) is 0 Å². The van der Waals surface area contributed by atoms with E-state index in [1.807, 2.05) is 36.7 Å². The van der Waals surface area contributed by atoms with Gasteiger partial charge in [0.25, 0.3) is 0 Å². The van der Waals surface area contributed by atoms with Crippen molar-refractivity contribution in [3.8, 4) is 6.07 Å². The number of nitrogens with zero attached hydrogens (tertiary/aromatic N) is 3. The molecule has 0 fully saturated rings. The maximum Gasteiger partial charge on any atom is 0.143 e. The summed E-state index contributed by atoms with van der Waals surface area (Å²) in [5.74, 6) is 0.893. The molecule has 3 heteroatoms. The third-order valence-corrected chi connectivity index (χ3v) is 2.99. The Morgan fingerprint density at radius 3 is 2.59 bits per heavy atom. The van der Waals surface area contributed by atoms with Gasteiger partial charge in [-0.15, -0.1) is 0 Å². The summed E-state index contributed by atoms with van der Waals surface area (Å²) in [7, 11) is 1.88. The molecule has 0 spiro atoms. The zero-order valence-corrected chi connectivity index (χ0v) is 10.1. The lowest BCUT2D eigenvalue weighted by atomic mass is 10.1. The van der Waals surface area contributed by atoms with Crippen LogP contribution in [0.1, 0.15) is 22.8 Å². The van der Waals surface area contributed by atoms with E-state index in [-0.39, 0.29) is 0 Å². The van der Waals surface area contributed by atoms with Crippen LogP contribution in [0.3, 0.4) is 0 Å². The minimum Gasteiger partial charge on any atom is -0.323 e. The Bertz CT molecular complexity index is 547. The molecule has 0 atom stereocenters. The van der Waals surface area contributed by atoms with E-state index in [9.17, 15) is 0 Å². The third kappa shape index (κ3) is 2.36. The first-order valence-electron chi connectivity index (χ1n) is 5.68. The number of rotatable bonds is 3. The zero-order valence-electron chi connectivity index (χ0n) is 10.1. The SMILES string of the molecule is Cc1nc(CCc2ccccc2)c(C#N)n1C. The summed E-state index contributed by atoms with van der Waals surface area (Å²) < 4.78 is 1.85. The predicted molar refractivity (Wildman–Crippen MR) is 66.5 cm³/mol. The van der Waals surface area contributed by atoms with Crippen molar-refractivity contribution in [1.29, 1.82) is 5.26 Å². The van der Waals surface area contributed by atoms with Crippen molar-refractivity contribution in [2.24, 2.45) is 7.05 Å². The first-order valence-corrected chi connectivity index (χ1v) is 5.68. The molecule has 0 amide bonds. The molecular formula is C14H15N3. The first-order chi connectivity index (χ1) is 8.22. The molecule has 0 aliphatic carbocycles. The van der Waals surface area contributed by atoms with Gasteiger partial charge in [0.05, 0.1) is 5.69 Å². The molecule has 0 radical (unpaired) electrons. The van der Waals surface area contributed by atoms with Crippen LogP contribution in [0.15, 0.2) is 30.3 Å². The van der Waals surface area contributed by atoms with Crippen LogP contribution in [0.5, 0.6) is 0 Å². The predicted octanol–water partition coefficient (Wildman–Crippen LogP) is 2.39. The van der Waals surface area contributed by atoms with Crippen LogP contribution in [0.4, 0.5) is 0 Å². The largest absolute Gasteiger partial charge is 0.323 e. The molecule has 0 bridgehead atoms. The number of hydrogen-bond donors (Lipinski definition) is 0. The molecular weight excluding hydrogens is 210 g/mol. The Kier molecular flexibility index (Phi) is 3.24. The molecule has 0 unspecified atom stereocenters. The minimum atomic E-state index is 0.679. The van der Waals surface area contributed by atoms with Crippen LogP contribution in [-0.2, 0) is 19.9 Å². The number of hydrogen-bond acceptors (Lipinski definition) is 2. The fourth-order valence-corrected chi connectivity index (χ4v) is 1.90. The monoisotopic (exact) mass is 225 g/mol. The Morgan fingerprint density at radius 1 is 1.24 bits per heavy atom. The van der Waals surface area contributed by atoms with Crippen molar-refractivity contribution in [2.75, 3.05) is 0 Å². The highest BCUT2D eigenvalue weighted by molar-refractivity contribution is 5.30. The van der Waals surface area contributed by atoms with Gasteiger partial charge in [-0.05, 0) is 25.3 Å². The van der Waals surface area contributed by atoms with Crippen molar-refractivity contribution in [3.05, 3.63) is 53.1 Å². The lowest BCUT2D eigenvalue weighted by molar-refractivity contribution is 0.844. The van der Waals surface area contributed by atoms with Gasteiger partial charge in [0.1, 0.15) is 17.6 Å². The molecule has 2 aromatic rings. The molecule has 17 heavy (non-hydrogen) atoms. The first kappa shape index (κ1) is 11.4. The lowest BCUT2D eigenvalue weighted by Gasteiger charge is -1.99. The van der Waals surface area contributed by atoms with Gasteiger partial charge in [0.2, 0.25) is 0 Å². The van der Waals surface area contributed by atoms with E-state index in [1.165, 1.54) is 5.56 Å². The molecule has 3 nitrogen and oxygen atoms in total. The smallest absolute Gasteiger partial charge is 0.143 e. The van der Waals surface area contributed by atoms with Crippen molar-refractivity contribution in [2.45, 2.75) is 19.8 Å². The fourth-order valence-electron chi connectivity index (χ4n) is 1.90. The van der Waals surface area contributed by atoms with Gasteiger partial charge >= 0.3 is 0 Å². The lowest BCUT2D eigenvalue weighted by Crippen LogP contribution is -1.97. The quantitative estimate of drug-likeness (QED) is 0.804. The van der Waals surface area contributed by atoms with E-state index in [0.29, 0.717) is 5.69 Å². The van der Waals surface area contributed by atoms with Gasteiger partial charge in [-0.1, -0.05) is 30.3 Å². The highest BCUT2D eigenvalue weighted by Crippen LogP contribution is 2.12. The fraction of sp³-hybridized carbons (Fsp3) is 0.286. The van der Waals surface area contributed by atoms with Crippen molar-refractivity contribution in [3.63, 3.8) is 0 Å². The third-order valence-electron chi connectivity index (χ3n) is 2.99. The summed E-state index contributed by atoms with van der Waals surface area (Å²) in [5.41, 5.74) is 2.86. The van der Waals surface area contributed by atoms with Crippen LogP contribution < -0.4 is 0 Å². The molecule has 1 heterocycles. The summed E-state index contributed by atoms with van der Waals surface area (Å²) in [6, 6.07) is 12.5. The average Bonchev–Trinajstić information content (AvgIpc) is 2.63. The Morgan fingerprint density at radius 2 is 1.94 bits per heavy atom. The highest BCUT2D eigenvalue weighted by Gasteiger charge is 2.11. The number of nitriles is 1. The number of benzene rings is 1. The number of aryl methyl sites for hydroxylation is 3. The van der Waals surface area contributed by atoms with E-state index in [2.05, 4.69) is 23.2 Å². The van der Waals surface area contributed by atoms with Crippen LogP contribution in [0.2, 0.25) is 0 Å². The molecule has 0 saturated carbocycles. The van der Waals surface area contributed by atoms with Crippen molar-refractivity contribution < 1.29 is 0 Å². The van der Waals surface area contributed by atoms with Gasteiger partial charge in [-0.3, -0.25) is 0 Å². The average molecular weight is 225 g/mol. The van der Waals surface area contributed by atoms with Crippen LogP contribution >= 0.6 is 0 Å². The zero-order chi connectivity index (χ0) is 12.3. The normalized spacial score (nSPS) is 10.2. The molecule has 0 aliphatic heterocycles. The summed E-state index contributed by atoms with van der Waals surface area (Å²) in [6.45, 7) is 1.92. The van der Waals surface area contributed by atoms with E-state index in [0.717, 1.165) is 24.4 Å². The van der Waals surface area contributed by atoms with E-state index < -0.39 is 0 Å². The molecule has 0 N–H and O–H groups in total. The molecule has 0 aliphatic rings. The Hall–Kier alpha value is -2.08. The molecule has 86 valence electrons. The standard InChI is InChI=1S/C14H15N3/c1-11-16-13(14(10-15)17(11)2)9-8-12-6-4-3-5-7-12/h3-7H,8-9H2,1-2H3. The maximum absolute atomic E-state index is 9.10.